The Kier molecular flexibility index (Phi) is 8.90. The van der Waals surface area contributed by atoms with Gasteiger partial charge in [0.2, 0.25) is 0 Å². The Bertz CT molecular complexity index is 4080. The summed E-state index contributed by atoms with van der Waals surface area (Å²) in [5.74, 6) is 0. The van der Waals surface area contributed by atoms with Gasteiger partial charge < -0.3 is 13.7 Å². The van der Waals surface area contributed by atoms with Gasteiger partial charge in [-0.25, -0.2) is 0 Å². The minimum atomic E-state index is 0.898. The summed E-state index contributed by atoms with van der Waals surface area (Å²) >= 11 is 0. The second-order valence-electron chi connectivity index (χ2n) is 18.0. The van der Waals surface area contributed by atoms with E-state index in [1.807, 2.05) is 24.3 Å². The molecule has 0 saturated heterocycles. The summed E-state index contributed by atoms with van der Waals surface area (Å²) in [6, 6.07) is 89.4. The molecule has 0 fully saturated rings. The van der Waals surface area contributed by atoms with E-state index in [2.05, 4.69) is 229 Å². The Balaban J connectivity index is 0.815. The number of fused-ring (bicyclic) bond motifs is 12. The standard InChI is InChI=1S/C66H41NO2/c1-2-13-55-53(11-1)54-12-3-4-14-56(54)62-41-47(33-40-57(55)62)44-25-23-42(24-26-44)43-27-34-48(35-28-43)67(49-36-29-45(30-37-49)51-17-9-19-60-58-15-5-7-21-63(58)68-65(51)60)50-38-31-46(32-39-50)52-18-10-20-61-59-16-6-8-22-64(59)69-66(52)61/h1-41H. The van der Waals surface area contributed by atoms with Crippen LogP contribution >= 0.6 is 0 Å². The first kappa shape index (κ1) is 39.0. The summed E-state index contributed by atoms with van der Waals surface area (Å²) < 4.78 is 12.9. The Hall–Kier alpha value is -9.18. The molecule has 0 saturated carbocycles. The van der Waals surface area contributed by atoms with E-state index < -0.39 is 0 Å². The average Bonchev–Trinajstić information content (AvgIpc) is 4.01. The molecule has 0 aliphatic heterocycles. The van der Waals surface area contributed by atoms with Gasteiger partial charge in [-0.05, 0) is 120 Å². The first-order valence-corrected chi connectivity index (χ1v) is 23.6. The second-order valence-corrected chi connectivity index (χ2v) is 18.0. The van der Waals surface area contributed by atoms with Gasteiger partial charge in [0.25, 0.3) is 0 Å². The van der Waals surface area contributed by atoms with Gasteiger partial charge >= 0.3 is 0 Å². The van der Waals surface area contributed by atoms with Gasteiger partial charge in [-0.1, -0.05) is 194 Å². The lowest BCUT2D eigenvalue weighted by molar-refractivity contribution is 0.669. The predicted octanol–water partition coefficient (Wildman–Crippen LogP) is 19.1. The minimum absolute atomic E-state index is 0.898. The van der Waals surface area contributed by atoms with E-state index in [1.54, 1.807) is 0 Å². The molecule has 0 bridgehead atoms. The van der Waals surface area contributed by atoms with Crippen molar-refractivity contribution in [3.05, 3.63) is 249 Å². The highest BCUT2D eigenvalue weighted by Crippen LogP contribution is 2.43. The van der Waals surface area contributed by atoms with Crippen molar-refractivity contribution in [2.45, 2.75) is 0 Å². The van der Waals surface area contributed by atoms with E-state index in [4.69, 9.17) is 8.83 Å². The van der Waals surface area contributed by atoms with Crippen molar-refractivity contribution in [1.82, 2.24) is 0 Å². The van der Waals surface area contributed by atoms with E-state index in [0.717, 1.165) is 88.8 Å². The molecule has 0 aliphatic rings. The zero-order valence-corrected chi connectivity index (χ0v) is 37.4. The van der Waals surface area contributed by atoms with Crippen molar-refractivity contribution in [2.75, 3.05) is 4.90 Å². The van der Waals surface area contributed by atoms with Crippen LogP contribution in [0, 0.1) is 0 Å². The van der Waals surface area contributed by atoms with Crippen LogP contribution in [0.4, 0.5) is 17.1 Å². The molecule has 0 radical (unpaired) electrons. The van der Waals surface area contributed by atoms with E-state index in [-0.39, 0.29) is 0 Å². The molecule has 2 heterocycles. The molecule has 69 heavy (non-hydrogen) atoms. The number of benzene rings is 12. The molecule has 14 rings (SSSR count). The maximum Gasteiger partial charge on any atom is 0.143 e. The van der Waals surface area contributed by atoms with Crippen LogP contribution in [0.25, 0.3) is 121 Å². The molecule has 12 aromatic carbocycles. The maximum atomic E-state index is 6.45. The third-order valence-electron chi connectivity index (χ3n) is 14.1. The summed E-state index contributed by atoms with van der Waals surface area (Å²) in [5, 5.41) is 12.2. The molecular weight excluding hydrogens is 839 g/mol. The third kappa shape index (κ3) is 6.43. The first-order valence-electron chi connectivity index (χ1n) is 23.6. The van der Waals surface area contributed by atoms with Crippen LogP contribution in [0.2, 0.25) is 0 Å². The molecule has 3 nitrogen and oxygen atoms in total. The van der Waals surface area contributed by atoms with Crippen molar-refractivity contribution in [3.63, 3.8) is 0 Å². The second kappa shape index (κ2) is 15.7. The fraction of sp³-hybridized carbons (Fsp3) is 0. The van der Waals surface area contributed by atoms with Crippen LogP contribution in [-0.2, 0) is 0 Å². The van der Waals surface area contributed by atoms with E-state index in [1.165, 1.54) is 49.0 Å². The molecule has 0 N–H and O–H groups in total. The molecule has 3 heteroatoms. The molecule has 14 aromatic rings. The van der Waals surface area contributed by atoms with Gasteiger partial charge in [0.1, 0.15) is 22.3 Å². The van der Waals surface area contributed by atoms with Crippen molar-refractivity contribution >= 4 is 93.3 Å². The highest BCUT2D eigenvalue weighted by atomic mass is 16.3. The van der Waals surface area contributed by atoms with Gasteiger partial charge in [-0.15, -0.1) is 0 Å². The van der Waals surface area contributed by atoms with Crippen molar-refractivity contribution in [3.8, 4) is 44.5 Å². The van der Waals surface area contributed by atoms with Crippen molar-refractivity contribution in [2.24, 2.45) is 0 Å². The minimum Gasteiger partial charge on any atom is -0.455 e. The zero-order chi connectivity index (χ0) is 45.4. The Labute approximate surface area is 398 Å². The number of hydrogen-bond donors (Lipinski definition) is 0. The normalized spacial score (nSPS) is 11.8. The van der Waals surface area contributed by atoms with E-state index in [9.17, 15) is 0 Å². The van der Waals surface area contributed by atoms with Gasteiger partial charge in [-0.3, -0.25) is 0 Å². The van der Waals surface area contributed by atoms with E-state index >= 15 is 0 Å². The van der Waals surface area contributed by atoms with Crippen LogP contribution in [0.15, 0.2) is 258 Å². The number of anilines is 3. The lowest BCUT2D eigenvalue weighted by atomic mass is 9.92. The summed E-state index contributed by atoms with van der Waals surface area (Å²) in [6.07, 6.45) is 0. The molecule has 2 aromatic heterocycles. The average molecular weight is 880 g/mol. The SMILES string of the molecule is c1ccc2c(c1)oc1c(-c3ccc(N(c4ccc(-c5ccc(-c6ccc7c8ccccc8c8ccccc8c7c6)cc5)cc4)c4ccc(-c5cccc6c5oc5ccccc56)cc4)cc3)cccc12. The number of hydrogen-bond acceptors (Lipinski definition) is 3. The zero-order valence-electron chi connectivity index (χ0n) is 37.4. The van der Waals surface area contributed by atoms with Crippen LogP contribution < -0.4 is 4.90 Å². The van der Waals surface area contributed by atoms with Crippen molar-refractivity contribution < 1.29 is 8.83 Å². The van der Waals surface area contributed by atoms with Crippen LogP contribution in [0.3, 0.4) is 0 Å². The smallest absolute Gasteiger partial charge is 0.143 e. The predicted molar refractivity (Wildman–Crippen MR) is 290 cm³/mol. The first-order chi connectivity index (χ1) is 34.2. The fourth-order valence-electron chi connectivity index (χ4n) is 10.7. The lowest BCUT2D eigenvalue weighted by Crippen LogP contribution is -2.09. The van der Waals surface area contributed by atoms with Gasteiger partial charge in [0.15, 0.2) is 0 Å². The molecule has 0 spiro atoms. The molecule has 0 unspecified atom stereocenters. The highest BCUT2D eigenvalue weighted by Gasteiger charge is 2.18. The lowest BCUT2D eigenvalue weighted by Gasteiger charge is -2.26. The molecular formula is C66H41NO2. The van der Waals surface area contributed by atoms with Crippen molar-refractivity contribution in [1.29, 1.82) is 0 Å². The molecule has 0 aliphatic carbocycles. The fourth-order valence-corrected chi connectivity index (χ4v) is 10.7. The van der Waals surface area contributed by atoms with Crippen LogP contribution in [0.1, 0.15) is 0 Å². The number of nitrogens with zero attached hydrogens (tertiary/aromatic N) is 1. The maximum absolute atomic E-state index is 6.45. The molecule has 0 atom stereocenters. The Morgan fingerprint density at radius 2 is 0.536 bits per heavy atom. The largest absolute Gasteiger partial charge is 0.455 e. The quantitative estimate of drug-likeness (QED) is 0.149. The van der Waals surface area contributed by atoms with E-state index in [0.29, 0.717) is 0 Å². The van der Waals surface area contributed by atoms with Gasteiger partial charge in [0.05, 0.1) is 0 Å². The monoisotopic (exact) mass is 879 g/mol. The topological polar surface area (TPSA) is 29.5 Å². The third-order valence-corrected chi connectivity index (χ3v) is 14.1. The molecule has 322 valence electrons. The number of rotatable bonds is 7. The number of para-hydroxylation sites is 4. The van der Waals surface area contributed by atoms with Crippen LogP contribution in [0.5, 0.6) is 0 Å². The Morgan fingerprint density at radius 3 is 0.986 bits per heavy atom. The van der Waals surface area contributed by atoms with Crippen LogP contribution in [-0.4, -0.2) is 0 Å². The summed E-state index contributed by atoms with van der Waals surface area (Å²) in [7, 11) is 0. The summed E-state index contributed by atoms with van der Waals surface area (Å²) in [5.41, 5.74) is 15.8. The number of furan rings is 2. The summed E-state index contributed by atoms with van der Waals surface area (Å²) in [4.78, 5) is 2.33. The highest BCUT2D eigenvalue weighted by molar-refractivity contribution is 6.25. The summed E-state index contributed by atoms with van der Waals surface area (Å²) in [6.45, 7) is 0. The van der Waals surface area contributed by atoms with Gasteiger partial charge in [-0.2, -0.15) is 0 Å². The van der Waals surface area contributed by atoms with Gasteiger partial charge in [0, 0.05) is 49.7 Å². The molecule has 0 amide bonds. The Morgan fingerprint density at radius 1 is 0.217 bits per heavy atom.